The number of carbonyl (C=O) groups is 1. The van der Waals surface area contributed by atoms with Gasteiger partial charge in [0.15, 0.2) is 23.0 Å². The Morgan fingerprint density at radius 1 is 0.600 bits per heavy atom. The van der Waals surface area contributed by atoms with Gasteiger partial charge in [0.25, 0.3) is 0 Å². The van der Waals surface area contributed by atoms with Crippen LogP contribution in [0.1, 0.15) is 16.7 Å². The molecule has 0 fully saturated rings. The second kappa shape index (κ2) is 12.2. The van der Waals surface area contributed by atoms with Gasteiger partial charge >= 0.3 is 0 Å². The van der Waals surface area contributed by atoms with Crippen LogP contribution in [0.15, 0.2) is 60.7 Å². The van der Waals surface area contributed by atoms with Gasteiger partial charge in [-0.1, -0.05) is 30.4 Å². The van der Waals surface area contributed by atoms with Crippen LogP contribution in [-0.2, 0) is 4.79 Å². The van der Waals surface area contributed by atoms with Crippen molar-refractivity contribution in [2.45, 2.75) is 0 Å². The number of hydrogen-bond donors (Lipinski definition) is 1. The lowest BCUT2D eigenvalue weighted by Crippen LogP contribution is -2.07. The zero-order valence-electron chi connectivity index (χ0n) is 20.5. The van der Waals surface area contributed by atoms with Gasteiger partial charge in [0.05, 0.1) is 35.5 Å². The van der Waals surface area contributed by atoms with E-state index in [4.69, 9.17) is 23.7 Å². The van der Waals surface area contributed by atoms with E-state index in [2.05, 4.69) is 5.32 Å². The van der Waals surface area contributed by atoms with Crippen molar-refractivity contribution in [2.24, 2.45) is 0 Å². The predicted molar refractivity (Wildman–Crippen MR) is 139 cm³/mol. The summed E-state index contributed by atoms with van der Waals surface area (Å²) in [5, 5.41) is 2.85. The Morgan fingerprint density at radius 3 is 1.71 bits per heavy atom. The van der Waals surface area contributed by atoms with E-state index in [9.17, 15) is 4.79 Å². The molecule has 7 heteroatoms. The summed E-state index contributed by atoms with van der Waals surface area (Å²) in [6.07, 6.45) is 7.10. The second-order valence-electron chi connectivity index (χ2n) is 7.35. The molecule has 1 N–H and O–H groups in total. The number of ether oxygens (including phenoxy) is 5. The van der Waals surface area contributed by atoms with E-state index in [1.165, 1.54) is 6.08 Å². The summed E-state index contributed by atoms with van der Waals surface area (Å²) in [6, 6.07) is 16.7. The molecular weight excluding hydrogens is 446 g/mol. The van der Waals surface area contributed by atoms with Crippen LogP contribution >= 0.6 is 0 Å². The highest BCUT2D eigenvalue weighted by molar-refractivity contribution is 6.02. The molecule has 35 heavy (non-hydrogen) atoms. The maximum atomic E-state index is 12.3. The number of methoxy groups -OCH3 is 5. The van der Waals surface area contributed by atoms with E-state index in [0.29, 0.717) is 34.4 Å². The molecule has 0 atom stereocenters. The SMILES string of the molecule is COc1ccc(/C=C/C(=O)Nc2ccc(C=Cc3cc(OC)c(OC)c(OC)c3)cc2)cc1OC. The first kappa shape index (κ1) is 25.2. The lowest BCUT2D eigenvalue weighted by molar-refractivity contribution is -0.111. The maximum Gasteiger partial charge on any atom is 0.248 e. The highest BCUT2D eigenvalue weighted by atomic mass is 16.5. The Labute approximate surface area is 205 Å². The average Bonchev–Trinajstić information content (AvgIpc) is 2.90. The summed E-state index contributed by atoms with van der Waals surface area (Å²) < 4.78 is 26.7. The van der Waals surface area contributed by atoms with Crippen LogP contribution in [0.4, 0.5) is 5.69 Å². The highest BCUT2D eigenvalue weighted by Gasteiger charge is 2.12. The lowest BCUT2D eigenvalue weighted by atomic mass is 10.1. The van der Waals surface area contributed by atoms with Gasteiger partial charge in [-0.3, -0.25) is 4.79 Å². The van der Waals surface area contributed by atoms with Crippen LogP contribution in [0.3, 0.4) is 0 Å². The first-order valence-electron chi connectivity index (χ1n) is 10.8. The molecule has 0 spiro atoms. The minimum absolute atomic E-state index is 0.236. The Bertz CT molecular complexity index is 1190. The Balaban J connectivity index is 1.65. The minimum atomic E-state index is -0.236. The third kappa shape index (κ3) is 6.57. The minimum Gasteiger partial charge on any atom is -0.493 e. The van der Waals surface area contributed by atoms with Gasteiger partial charge in [-0.15, -0.1) is 0 Å². The van der Waals surface area contributed by atoms with E-state index in [1.54, 1.807) is 53.8 Å². The van der Waals surface area contributed by atoms with Gasteiger partial charge in [-0.05, 0) is 59.2 Å². The molecule has 7 nitrogen and oxygen atoms in total. The Hall–Kier alpha value is -4.39. The number of nitrogens with one attached hydrogen (secondary N) is 1. The smallest absolute Gasteiger partial charge is 0.248 e. The topological polar surface area (TPSA) is 75.3 Å². The van der Waals surface area contributed by atoms with Crippen molar-refractivity contribution < 1.29 is 28.5 Å². The van der Waals surface area contributed by atoms with Crippen molar-refractivity contribution in [1.82, 2.24) is 0 Å². The zero-order chi connectivity index (χ0) is 25.2. The number of carbonyl (C=O) groups excluding carboxylic acids is 1. The van der Waals surface area contributed by atoms with Crippen LogP contribution in [0.25, 0.3) is 18.2 Å². The summed E-state index contributed by atoms with van der Waals surface area (Å²) in [4.78, 5) is 12.3. The molecule has 0 aromatic heterocycles. The van der Waals surface area contributed by atoms with Gasteiger partial charge in [0, 0.05) is 11.8 Å². The Morgan fingerprint density at radius 2 is 1.14 bits per heavy atom. The van der Waals surface area contributed by atoms with Crippen molar-refractivity contribution in [3.8, 4) is 28.7 Å². The van der Waals surface area contributed by atoms with Gasteiger partial charge in [0.2, 0.25) is 11.7 Å². The van der Waals surface area contributed by atoms with E-state index in [1.807, 2.05) is 54.6 Å². The molecule has 0 heterocycles. The van der Waals surface area contributed by atoms with Gasteiger partial charge < -0.3 is 29.0 Å². The van der Waals surface area contributed by atoms with Crippen LogP contribution in [0.2, 0.25) is 0 Å². The average molecular weight is 476 g/mol. The number of rotatable bonds is 10. The molecule has 182 valence electrons. The summed E-state index contributed by atoms with van der Waals surface area (Å²) in [7, 11) is 7.89. The summed E-state index contributed by atoms with van der Waals surface area (Å²) >= 11 is 0. The molecule has 3 aromatic rings. The molecule has 0 radical (unpaired) electrons. The van der Waals surface area contributed by atoms with Crippen molar-refractivity contribution in [1.29, 1.82) is 0 Å². The maximum absolute atomic E-state index is 12.3. The Kier molecular flexibility index (Phi) is 8.78. The number of amides is 1. The first-order valence-corrected chi connectivity index (χ1v) is 10.8. The molecule has 3 aromatic carbocycles. The molecule has 1 amide bonds. The van der Waals surface area contributed by atoms with E-state index < -0.39 is 0 Å². The summed E-state index contributed by atoms with van der Waals surface area (Å²) in [5.74, 6) is 2.73. The molecule has 0 saturated heterocycles. The number of benzene rings is 3. The van der Waals surface area contributed by atoms with E-state index >= 15 is 0 Å². The largest absolute Gasteiger partial charge is 0.493 e. The molecule has 0 unspecified atom stereocenters. The predicted octanol–water partition coefficient (Wildman–Crippen LogP) is 5.55. The van der Waals surface area contributed by atoms with Crippen molar-refractivity contribution in [2.75, 3.05) is 40.9 Å². The van der Waals surface area contributed by atoms with Gasteiger partial charge in [0.1, 0.15) is 0 Å². The van der Waals surface area contributed by atoms with Gasteiger partial charge in [-0.25, -0.2) is 0 Å². The third-order valence-electron chi connectivity index (χ3n) is 5.17. The molecule has 3 rings (SSSR count). The van der Waals surface area contributed by atoms with Gasteiger partial charge in [-0.2, -0.15) is 0 Å². The van der Waals surface area contributed by atoms with E-state index in [-0.39, 0.29) is 5.91 Å². The third-order valence-corrected chi connectivity index (χ3v) is 5.17. The van der Waals surface area contributed by atoms with E-state index in [0.717, 1.165) is 16.7 Å². The zero-order valence-corrected chi connectivity index (χ0v) is 20.5. The molecule has 0 bridgehead atoms. The standard InChI is InChI=1S/C28H29NO6/c1-31-23-14-10-20(16-24(23)32-2)11-15-27(30)29-22-12-8-19(9-13-22)6-7-21-17-25(33-3)28(35-5)26(18-21)34-4/h6-18H,1-5H3,(H,29,30)/b7-6?,15-11+. The summed E-state index contributed by atoms with van der Waals surface area (Å²) in [6.45, 7) is 0. The van der Waals surface area contributed by atoms with Crippen molar-refractivity contribution >= 4 is 29.8 Å². The van der Waals surface area contributed by atoms with Crippen LogP contribution in [0.5, 0.6) is 28.7 Å². The quantitative estimate of drug-likeness (QED) is 0.306. The first-order chi connectivity index (χ1) is 17.0. The van der Waals surface area contributed by atoms with Crippen molar-refractivity contribution in [3.05, 3.63) is 77.4 Å². The fraction of sp³-hybridized carbons (Fsp3) is 0.179. The molecular formula is C28H29NO6. The normalized spacial score (nSPS) is 10.9. The number of anilines is 1. The van der Waals surface area contributed by atoms with Crippen molar-refractivity contribution in [3.63, 3.8) is 0 Å². The molecule has 0 aliphatic rings. The second-order valence-corrected chi connectivity index (χ2v) is 7.35. The molecule has 0 saturated carbocycles. The fourth-order valence-electron chi connectivity index (χ4n) is 3.38. The van der Waals surface area contributed by atoms with Crippen LogP contribution in [-0.4, -0.2) is 41.5 Å². The summed E-state index contributed by atoms with van der Waals surface area (Å²) in [5.41, 5.74) is 3.39. The lowest BCUT2D eigenvalue weighted by Gasteiger charge is -2.12. The van der Waals surface area contributed by atoms with Crippen LogP contribution < -0.4 is 29.0 Å². The number of hydrogen-bond acceptors (Lipinski definition) is 6. The fourth-order valence-corrected chi connectivity index (χ4v) is 3.38. The monoisotopic (exact) mass is 475 g/mol. The highest BCUT2D eigenvalue weighted by Crippen LogP contribution is 2.38. The molecule has 0 aliphatic heterocycles. The molecule has 0 aliphatic carbocycles. The van der Waals surface area contributed by atoms with Crippen LogP contribution in [0, 0.1) is 0 Å².